The first-order chi connectivity index (χ1) is 16.0. The Morgan fingerprint density at radius 1 is 1.15 bits per heavy atom. The molecule has 0 saturated heterocycles. The van der Waals surface area contributed by atoms with Gasteiger partial charge in [0.1, 0.15) is 11.4 Å². The van der Waals surface area contributed by atoms with E-state index in [-0.39, 0.29) is 32.6 Å². The Hall–Kier alpha value is -3.46. The Labute approximate surface area is 200 Å². The zero-order chi connectivity index (χ0) is 25.1. The summed E-state index contributed by atoms with van der Waals surface area (Å²) in [5.41, 5.74) is 1.14. The maximum Gasteiger partial charge on any atom is 0.416 e. The van der Waals surface area contributed by atoms with Gasteiger partial charge in [-0.15, -0.1) is 0 Å². The smallest absolute Gasteiger partial charge is 0.416 e. The lowest BCUT2D eigenvalue weighted by Gasteiger charge is -2.27. The predicted octanol–water partition coefficient (Wildman–Crippen LogP) is 3.70. The fraction of sp³-hybridized carbons (Fsp3) is 0.440. The summed E-state index contributed by atoms with van der Waals surface area (Å²) in [6, 6.07) is 11.7. The summed E-state index contributed by atoms with van der Waals surface area (Å²) in [6.45, 7) is 7.46. The molecule has 2 aromatic rings. The molecule has 0 saturated carbocycles. The van der Waals surface area contributed by atoms with Crippen LogP contribution in [0.5, 0.6) is 0 Å². The number of aromatic nitrogens is 1. The minimum Gasteiger partial charge on any atom is -0.480 e. The minimum absolute atomic E-state index is 0.0214. The summed E-state index contributed by atoms with van der Waals surface area (Å²) in [5.74, 6) is -1.20. The SMILES string of the molecule is Cc1ccnc(N(CCCC(=O)N[C@@H](COCc2ccccc2)C(=O)O)C(=O)OC(C)(C)C)c1. The molecule has 9 heteroatoms. The van der Waals surface area contributed by atoms with Crippen molar-refractivity contribution >= 4 is 23.8 Å². The van der Waals surface area contributed by atoms with Gasteiger partial charge in [-0.3, -0.25) is 9.69 Å². The first-order valence-corrected chi connectivity index (χ1v) is 11.1. The Morgan fingerprint density at radius 2 is 1.85 bits per heavy atom. The molecule has 0 aliphatic heterocycles. The second-order valence-corrected chi connectivity index (χ2v) is 8.89. The average Bonchev–Trinajstić information content (AvgIpc) is 2.75. The van der Waals surface area contributed by atoms with Gasteiger partial charge in [0.2, 0.25) is 5.91 Å². The number of nitrogens with zero attached hydrogens (tertiary/aromatic N) is 2. The standard InChI is InChI=1S/C25H33N3O6/c1-18-12-13-26-21(15-18)28(24(32)34-25(2,3)4)14-8-11-22(29)27-20(23(30)31)17-33-16-19-9-6-5-7-10-19/h5-7,9-10,12-13,15,20H,8,11,14,16-17H2,1-4H3,(H,27,29)(H,30,31)/t20-/m0/s1. The average molecular weight is 472 g/mol. The lowest BCUT2D eigenvalue weighted by molar-refractivity contribution is -0.143. The molecule has 2 amide bonds. The van der Waals surface area contributed by atoms with E-state index in [2.05, 4.69) is 10.3 Å². The molecule has 0 spiro atoms. The van der Waals surface area contributed by atoms with Crippen LogP contribution in [0.15, 0.2) is 48.7 Å². The Kier molecular flexibility index (Phi) is 10.0. The van der Waals surface area contributed by atoms with Crippen LogP contribution in [0.1, 0.15) is 44.7 Å². The number of pyridine rings is 1. The number of carbonyl (C=O) groups is 3. The molecule has 184 valence electrons. The summed E-state index contributed by atoms with van der Waals surface area (Å²) >= 11 is 0. The number of hydrogen-bond donors (Lipinski definition) is 2. The number of carbonyl (C=O) groups excluding carboxylic acids is 2. The van der Waals surface area contributed by atoms with Crippen molar-refractivity contribution in [1.82, 2.24) is 10.3 Å². The van der Waals surface area contributed by atoms with Gasteiger partial charge in [0.05, 0.1) is 13.2 Å². The van der Waals surface area contributed by atoms with Gasteiger partial charge in [-0.05, 0) is 57.4 Å². The maximum atomic E-state index is 12.7. The number of aryl methyl sites for hydroxylation is 1. The third-order valence-corrected chi connectivity index (χ3v) is 4.61. The number of carboxylic acid groups (broad SMARTS) is 1. The molecule has 0 bridgehead atoms. The van der Waals surface area contributed by atoms with Crippen LogP contribution in [-0.2, 0) is 25.7 Å². The number of ether oxygens (including phenoxy) is 2. The van der Waals surface area contributed by atoms with E-state index in [4.69, 9.17) is 9.47 Å². The van der Waals surface area contributed by atoms with Gasteiger partial charge in [0.25, 0.3) is 0 Å². The molecule has 2 N–H and O–H groups in total. The van der Waals surface area contributed by atoms with Gasteiger partial charge in [-0.2, -0.15) is 0 Å². The van der Waals surface area contributed by atoms with Crippen LogP contribution in [0.4, 0.5) is 10.6 Å². The van der Waals surface area contributed by atoms with Gasteiger partial charge in [0.15, 0.2) is 6.04 Å². The molecular formula is C25H33N3O6. The third kappa shape index (κ3) is 9.58. The van der Waals surface area contributed by atoms with E-state index >= 15 is 0 Å². The number of amides is 2. The van der Waals surface area contributed by atoms with Crippen LogP contribution < -0.4 is 10.2 Å². The maximum absolute atomic E-state index is 12.7. The number of aliphatic carboxylic acids is 1. The van der Waals surface area contributed by atoms with Crippen molar-refractivity contribution in [3.8, 4) is 0 Å². The first-order valence-electron chi connectivity index (χ1n) is 11.1. The van der Waals surface area contributed by atoms with E-state index < -0.39 is 29.6 Å². The normalized spacial score (nSPS) is 12.0. The Bertz CT molecular complexity index is 959. The van der Waals surface area contributed by atoms with Crippen molar-refractivity contribution in [3.63, 3.8) is 0 Å². The number of carboxylic acids is 1. The summed E-state index contributed by atoms with van der Waals surface area (Å²) in [7, 11) is 0. The molecule has 1 heterocycles. The monoisotopic (exact) mass is 471 g/mol. The van der Waals surface area contributed by atoms with Crippen molar-refractivity contribution < 1.29 is 29.0 Å². The van der Waals surface area contributed by atoms with Gasteiger partial charge in [-0.1, -0.05) is 30.3 Å². The van der Waals surface area contributed by atoms with E-state index in [0.29, 0.717) is 5.82 Å². The highest BCUT2D eigenvalue weighted by atomic mass is 16.6. The lowest BCUT2D eigenvalue weighted by atomic mass is 10.2. The Balaban J connectivity index is 1.90. The molecule has 0 aliphatic rings. The molecule has 0 fully saturated rings. The van der Waals surface area contributed by atoms with Crippen LogP contribution in [-0.4, -0.2) is 52.9 Å². The van der Waals surface area contributed by atoms with E-state index in [1.54, 1.807) is 33.0 Å². The third-order valence-electron chi connectivity index (χ3n) is 4.61. The van der Waals surface area contributed by atoms with E-state index in [1.165, 1.54) is 4.90 Å². The second-order valence-electron chi connectivity index (χ2n) is 8.89. The quantitative estimate of drug-likeness (QED) is 0.513. The van der Waals surface area contributed by atoms with Crippen molar-refractivity contribution in [2.75, 3.05) is 18.1 Å². The molecule has 0 aliphatic carbocycles. The topological polar surface area (TPSA) is 118 Å². The van der Waals surface area contributed by atoms with Gasteiger partial charge < -0.3 is 19.9 Å². The van der Waals surface area contributed by atoms with Crippen molar-refractivity contribution in [1.29, 1.82) is 0 Å². The molecule has 0 unspecified atom stereocenters. The highest BCUT2D eigenvalue weighted by Crippen LogP contribution is 2.18. The lowest BCUT2D eigenvalue weighted by Crippen LogP contribution is -2.44. The fourth-order valence-electron chi connectivity index (χ4n) is 2.99. The van der Waals surface area contributed by atoms with Crippen molar-refractivity contribution in [3.05, 3.63) is 59.8 Å². The molecule has 9 nitrogen and oxygen atoms in total. The molecule has 0 radical (unpaired) electrons. The number of rotatable bonds is 11. The number of anilines is 1. The van der Waals surface area contributed by atoms with Crippen molar-refractivity contribution in [2.24, 2.45) is 0 Å². The zero-order valence-electron chi connectivity index (χ0n) is 20.1. The largest absolute Gasteiger partial charge is 0.480 e. The van der Waals surface area contributed by atoms with Crippen molar-refractivity contribution in [2.45, 2.75) is 58.8 Å². The van der Waals surface area contributed by atoms with Crippen LogP contribution in [0, 0.1) is 6.92 Å². The predicted molar refractivity (Wildman–Crippen MR) is 127 cm³/mol. The summed E-state index contributed by atoms with van der Waals surface area (Å²) in [6.07, 6.45) is 1.34. The highest BCUT2D eigenvalue weighted by Gasteiger charge is 2.25. The van der Waals surface area contributed by atoms with Gasteiger partial charge >= 0.3 is 12.1 Å². The van der Waals surface area contributed by atoms with E-state index in [0.717, 1.165) is 11.1 Å². The van der Waals surface area contributed by atoms with Crippen LogP contribution in [0.3, 0.4) is 0 Å². The minimum atomic E-state index is -1.18. The first kappa shape index (κ1) is 26.8. The second kappa shape index (κ2) is 12.7. The zero-order valence-corrected chi connectivity index (χ0v) is 20.1. The molecule has 1 atom stereocenters. The summed E-state index contributed by atoms with van der Waals surface area (Å²) in [4.78, 5) is 42.3. The van der Waals surface area contributed by atoms with E-state index in [1.807, 2.05) is 43.3 Å². The number of nitrogens with one attached hydrogen (secondary N) is 1. The highest BCUT2D eigenvalue weighted by molar-refractivity contribution is 5.87. The van der Waals surface area contributed by atoms with Gasteiger partial charge in [0, 0.05) is 19.2 Å². The molecular weight excluding hydrogens is 438 g/mol. The fourth-order valence-corrected chi connectivity index (χ4v) is 2.99. The van der Waals surface area contributed by atoms with Gasteiger partial charge in [-0.25, -0.2) is 14.6 Å². The van der Waals surface area contributed by atoms with Crippen LogP contribution in [0.25, 0.3) is 0 Å². The molecule has 34 heavy (non-hydrogen) atoms. The number of hydrogen-bond acceptors (Lipinski definition) is 6. The van der Waals surface area contributed by atoms with Crippen LogP contribution in [0.2, 0.25) is 0 Å². The van der Waals surface area contributed by atoms with E-state index in [9.17, 15) is 19.5 Å². The number of benzene rings is 1. The van der Waals surface area contributed by atoms with Crippen LogP contribution >= 0.6 is 0 Å². The summed E-state index contributed by atoms with van der Waals surface area (Å²) in [5, 5.41) is 11.9. The molecule has 2 rings (SSSR count). The Morgan fingerprint density at radius 3 is 2.47 bits per heavy atom. The molecule has 1 aromatic carbocycles. The molecule has 1 aromatic heterocycles. The summed E-state index contributed by atoms with van der Waals surface area (Å²) < 4.78 is 10.9.